The Morgan fingerprint density at radius 1 is 1.18 bits per heavy atom. The lowest BCUT2D eigenvalue weighted by molar-refractivity contribution is 0.000162. The molecular weight excluding hydrogens is 268 g/mol. The number of rotatable bonds is 2. The highest BCUT2D eigenvalue weighted by Crippen LogP contribution is 2.64. The number of fused-ring (bicyclic) bond motifs is 5. The largest absolute Gasteiger partial charge is 0.396 e. The number of aliphatic hydroxyl groups is 1. The number of hydrogen-bond acceptors (Lipinski definition) is 1. The van der Waals surface area contributed by atoms with E-state index < -0.39 is 0 Å². The van der Waals surface area contributed by atoms with E-state index in [1.807, 2.05) is 0 Å². The summed E-state index contributed by atoms with van der Waals surface area (Å²) in [6.07, 6.45) is 7.77. The van der Waals surface area contributed by atoms with Gasteiger partial charge in [0.05, 0.1) is 0 Å². The van der Waals surface area contributed by atoms with E-state index in [0.29, 0.717) is 12.0 Å². The first-order chi connectivity index (χ1) is 10.6. The zero-order chi connectivity index (χ0) is 15.3. The van der Waals surface area contributed by atoms with Crippen LogP contribution in [-0.4, -0.2) is 11.7 Å². The highest BCUT2D eigenvalue weighted by atomic mass is 16.3. The summed E-state index contributed by atoms with van der Waals surface area (Å²) < 4.78 is 0. The average molecular weight is 298 g/mol. The molecule has 2 saturated carbocycles. The smallest absolute Gasteiger partial charge is 0.0433 e. The predicted octanol–water partition coefficient (Wildman–Crippen LogP) is 4.79. The molecule has 0 radical (unpaired) electrons. The summed E-state index contributed by atoms with van der Waals surface area (Å²) in [7, 11) is 0. The van der Waals surface area contributed by atoms with Gasteiger partial charge in [0.1, 0.15) is 0 Å². The molecule has 6 atom stereocenters. The van der Waals surface area contributed by atoms with Crippen molar-refractivity contribution in [3.8, 4) is 0 Å². The van der Waals surface area contributed by atoms with E-state index in [9.17, 15) is 5.11 Å². The second-order valence-corrected chi connectivity index (χ2v) is 8.50. The Morgan fingerprint density at radius 3 is 2.82 bits per heavy atom. The first kappa shape index (κ1) is 14.8. The van der Waals surface area contributed by atoms with Crippen molar-refractivity contribution in [2.24, 2.45) is 29.1 Å². The lowest BCUT2D eigenvalue weighted by atomic mass is 9.51. The summed E-state index contributed by atoms with van der Waals surface area (Å²) in [5.74, 6) is 4.12. The van der Waals surface area contributed by atoms with E-state index in [-0.39, 0.29) is 0 Å². The van der Waals surface area contributed by atoms with Gasteiger partial charge < -0.3 is 5.11 Å². The lowest BCUT2D eigenvalue weighted by Crippen LogP contribution is -2.45. The third kappa shape index (κ3) is 2.01. The van der Waals surface area contributed by atoms with Gasteiger partial charge in [-0.3, -0.25) is 0 Å². The van der Waals surface area contributed by atoms with Crippen LogP contribution in [0.25, 0.3) is 0 Å². The van der Waals surface area contributed by atoms with E-state index in [4.69, 9.17) is 0 Å². The van der Waals surface area contributed by atoms with Gasteiger partial charge in [0.2, 0.25) is 0 Å². The second-order valence-electron chi connectivity index (χ2n) is 8.50. The number of benzene rings is 1. The summed E-state index contributed by atoms with van der Waals surface area (Å²) in [4.78, 5) is 0. The fourth-order valence-corrected chi connectivity index (χ4v) is 6.65. The van der Waals surface area contributed by atoms with Crippen molar-refractivity contribution in [1.82, 2.24) is 0 Å². The van der Waals surface area contributed by atoms with Crippen LogP contribution in [0.4, 0.5) is 0 Å². The molecule has 0 unspecified atom stereocenters. The minimum absolute atomic E-state index is 0.374. The molecule has 22 heavy (non-hydrogen) atoms. The van der Waals surface area contributed by atoms with Crippen LogP contribution < -0.4 is 0 Å². The molecule has 0 spiro atoms. The van der Waals surface area contributed by atoms with Crippen LogP contribution in [0.1, 0.15) is 63.0 Å². The van der Waals surface area contributed by atoms with Crippen LogP contribution in [0.3, 0.4) is 0 Å². The summed E-state index contributed by atoms with van der Waals surface area (Å²) in [6.45, 7) is 5.42. The van der Waals surface area contributed by atoms with Gasteiger partial charge in [-0.05, 0) is 84.7 Å². The summed E-state index contributed by atoms with van der Waals surface area (Å²) in [6, 6.07) is 9.22. The minimum Gasteiger partial charge on any atom is -0.396 e. The Bertz CT molecular complexity index is 551. The van der Waals surface area contributed by atoms with Crippen LogP contribution >= 0.6 is 0 Å². The third-order valence-electron chi connectivity index (χ3n) is 7.66. The molecule has 0 saturated heterocycles. The molecule has 1 nitrogen and oxygen atoms in total. The molecule has 2 fully saturated rings. The van der Waals surface area contributed by atoms with Crippen molar-refractivity contribution in [2.45, 2.75) is 58.3 Å². The normalized spacial score (nSPS) is 43.3. The Kier molecular flexibility index (Phi) is 3.60. The second kappa shape index (κ2) is 5.37. The van der Waals surface area contributed by atoms with Gasteiger partial charge in [-0.15, -0.1) is 0 Å². The molecule has 0 heterocycles. The molecule has 0 bridgehead atoms. The van der Waals surface area contributed by atoms with Crippen molar-refractivity contribution < 1.29 is 5.11 Å². The minimum atomic E-state index is 0.374. The summed E-state index contributed by atoms with van der Waals surface area (Å²) >= 11 is 0. The topological polar surface area (TPSA) is 20.2 Å². The van der Waals surface area contributed by atoms with Crippen molar-refractivity contribution in [3.63, 3.8) is 0 Å². The van der Waals surface area contributed by atoms with E-state index >= 15 is 0 Å². The van der Waals surface area contributed by atoms with E-state index in [0.717, 1.165) is 36.0 Å². The van der Waals surface area contributed by atoms with Gasteiger partial charge in [-0.2, -0.15) is 0 Å². The van der Waals surface area contributed by atoms with Crippen LogP contribution in [0.2, 0.25) is 0 Å². The molecule has 1 aromatic rings. The predicted molar refractivity (Wildman–Crippen MR) is 90.8 cm³/mol. The Hall–Kier alpha value is -0.820. The first-order valence-corrected chi connectivity index (χ1v) is 9.34. The Balaban J connectivity index is 1.69. The van der Waals surface area contributed by atoms with Crippen molar-refractivity contribution >= 4 is 0 Å². The summed E-state index contributed by atoms with van der Waals surface area (Å²) in [5.41, 5.74) is 3.77. The fourth-order valence-electron chi connectivity index (χ4n) is 6.65. The molecular formula is C21H30O. The van der Waals surface area contributed by atoms with Gasteiger partial charge in [0.25, 0.3) is 0 Å². The van der Waals surface area contributed by atoms with E-state index in [1.165, 1.54) is 32.1 Å². The van der Waals surface area contributed by atoms with Gasteiger partial charge in [-0.25, -0.2) is 0 Å². The SMILES string of the molecule is C[C@@H]1Cc2ccccc2[C@H]2CC[C@]3(C)[C@@H](CCO)CC[C@H]3[C@H]12. The zero-order valence-corrected chi connectivity index (χ0v) is 14.1. The fraction of sp³-hybridized carbons (Fsp3) is 0.714. The molecule has 0 aliphatic heterocycles. The molecule has 3 aliphatic rings. The molecule has 0 aromatic heterocycles. The third-order valence-corrected chi connectivity index (χ3v) is 7.66. The monoisotopic (exact) mass is 298 g/mol. The molecule has 1 aromatic carbocycles. The maximum atomic E-state index is 9.45. The quantitative estimate of drug-likeness (QED) is 0.832. The van der Waals surface area contributed by atoms with Crippen molar-refractivity contribution in [1.29, 1.82) is 0 Å². The van der Waals surface area contributed by atoms with Crippen LogP contribution in [0.15, 0.2) is 24.3 Å². The van der Waals surface area contributed by atoms with E-state index in [2.05, 4.69) is 38.1 Å². The molecule has 3 aliphatic carbocycles. The van der Waals surface area contributed by atoms with Crippen LogP contribution in [0.5, 0.6) is 0 Å². The average Bonchev–Trinajstić information content (AvgIpc) is 2.84. The molecule has 0 amide bonds. The lowest BCUT2D eigenvalue weighted by Gasteiger charge is -2.53. The maximum absolute atomic E-state index is 9.45. The van der Waals surface area contributed by atoms with Gasteiger partial charge >= 0.3 is 0 Å². The molecule has 4 rings (SSSR count). The number of hydrogen-bond donors (Lipinski definition) is 1. The van der Waals surface area contributed by atoms with Crippen LogP contribution in [0, 0.1) is 29.1 Å². The summed E-state index contributed by atoms with van der Waals surface area (Å²) in [5, 5.41) is 9.45. The van der Waals surface area contributed by atoms with Gasteiger partial charge in [0, 0.05) is 6.61 Å². The molecule has 1 N–H and O–H groups in total. The Morgan fingerprint density at radius 2 is 2.00 bits per heavy atom. The van der Waals surface area contributed by atoms with Gasteiger partial charge in [-0.1, -0.05) is 38.1 Å². The number of aliphatic hydroxyl groups excluding tert-OH is 1. The highest BCUT2D eigenvalue weighted by Gasteiger charge is 2.55. The Labute approximate surface area is 135 Å². The van der Waals surface area contributed by atoms with Crippen molar-refractivity contribution in [2.75, 3.05) is 6.61 Å². The van der Waals surface area contributed by atoms with Crippen molar-refractivity contribution in [3.05, 3.63) is 35.4 Å². The van der Waals surface area contributed by atoms with Crippen LogP contribution in [-0.2, 0) is 6.42 Å². The maximum Gasteiger partial charge on any atom is 0.0433 e. The van der Waals surface area contributed by atoms with E-state index in [1.54, 1.807) is 11.1 Å². The first-order valence-electron chi connectivity index (χ1n) is 9.34. The van der Waals surface area contributed by atoms with Gasteiger partial charge in [0.15, 0.2) is 0 Å². The standard InChI is InChI=1S/C21H30O/c1-14-13-15-5-3-4-6-17(15)18-9-11-21(2)16(10-12-22)7-8-19(21)20(14)18/h3-6,14,16,18-20,22H,7-13H2,1-2H3/t14-,16-,18-,19+,20-,21-/m1/s1. The molecule has 120 valence electrons. The molecule has 1 heteroatoms. The highest BCUT2D eigenvalue weighted by molar-refractivity contribution is 5.35. The zero-order valence-electron chi connectivity index (χ0n) is 14.1.